The van der Waals surface area contributed by atoms with Gasteiger partial charge in [-0.25, -0.2) is 4.79 Å². The molecule has 0 bridgehead atoms. The number of benzene rings is 2. The van der Waals surface area contributed by atoms with Gasteiger partial charge in [-0.2, -0.15) is 0 Å². The van der Waals surface area contributed by atoms with Crippen LogP contribution in [0.2, 0.25) is 0 Å². The Balaban J connectivity index is 1.63. The first-order valence-corrected chi connectivity index (χ1v) is 8.09. The molecule has 0 atom stereocenters. The number of nitrogens with one attached hydrogen (secondary N) is 2. The van der Waals surface area contributed by atoms with Crippen molar-refractivity contribution in [2.45, 2.75) is 11.4 Å². The molecular formula is C17H20N2O2S. The Hall–Kier alpha value is -2.14. The maximum absolute atomic E-state index is 11.7. The Kier molecular flexibility index (Phi) is 6.64. The summed E-state index contributed by atoms with van der Waals surface area (Å²) >= 11 is 1.72. The van der Waals surface area contributed by atoms with Crippen LogP contribution in [0.4, 0.5) is 4.79 Å². The van der Waals surface area contributed by atoms with Gasteiger partial charge in [0, 0.05) is 23.7 Å². The number of carbonyl (C=O) groups is 1. The number of amides is 2. The molecule has 2 rings (SSSR count). The predicted octanol–water partition coefficient (Wildman–Crippen LogP) is 3.29. The minimum absolute atomic E-state index is 0.156. The fraction of sp³-hybridized carbons (Fsp3) is 0.235. The highest BCUT2D eigenvalue weighted by atomic mass is 32.2. The van der Waals surface area contributed by atoms with Gasteiger partial charge in [0.2, 0.25) is 0 Å². The van der Waals surface area contributed by atoms with E-state index in [-0.39, 0.29) is 6.03 Å². The Morgan fingerprint density at radius 2 is 1.91 bits per heavy atom. The number of urea groups is 1. The molecule has 4 nitrogen and oxygen atoms in total. The molecule has 0 spiro atoms. The lowest BCUT2D eigenvalue weighted by atomic mass is 10.2. The molecule has 0 aliphatic heterocycles. The highest BCUT2D eigenvalue weighted by Crippen LogP contribution is 2.15. The molecule has 2 amide bonds. The Morgan fingerprint density at radius 3 is 2.68 bits per heavy atom. The smallest absolute Gasteiger partial charge is 0.315 e. The van der Waals surface area contributed by atoms with Crippen LogP contribution in [0, 0.1) is 0 Å². The van der Waals surface area contributed by atoms with Gasteiger partial charge in [0.15, 0.2) is 0 Å². The number of carbonyl (C=O) groups excluding carboxylic acids is 1. The number of hydrogen-bond acceptors (Lipinski definition) is 3. The third kappa shape index (κ3) is 5.69. The van der Waals surface area contributed by atoms with E-state index < -0.39 is 0 Å². The van der Waals surface area contributed by atoms with Crippen molar-refractivity contribution >= 4 is 17.8 Å². The van der Waals surface area contributed by atoms with Crippen molar-refractivity contribution in [3.8, 4) is 5.75 Å². The van der Waals surface area contributed by atoms with E-state index in [4.69, 9.17) is 4.74 Å². The van der Waals surface area contributed by atoms with Gasteiger partial charge in [-0.3, -0.25) is 0 Å². The zero-order chi connectivity index (χ0) is 15.6. The first-order chi connectivity index (χ1) is 10.8. The lowest BCUT2D eigenvalue weighted by Gasteiger charge is -2.08. The third-order valence-corrected chi connectivity index (χ3v) is 4.00. The summed E-state index contributed by atoms with van der Waals surface area (Å²) in [6, 6.07) is 17.6. The van der Waals surface area contributed by atoms with E-state index >= 15 is 0 Å². The summed E-state index contributed by atoms with van der Waals surface area (Å²) in [6.07, 6.45) is 0. The van der Waals surface area contributed by atoms with Crippen LogP contribution in [0.25, 0.3) is 0 Å². The Bertz CT molecular complexity index is 590. The lowest BCUT2D eigenvalue weighted by molar-refractivity contribution is 0.241. The maximum Gasteiger partial charge on any atom is 0.315 e. The number of methoxy groups -OCH3 is 1. The second-order valence-electron chi connectivity index (χ2n) is 4.62. The Morgan fingerprint density at radius 1 is 1.09 bits per heavy atom. The van der Waals surface area contributed by atoms with Crippen LogP contribution in [0.15, 0.2) is 59.5 Å². The second-order valence-corrected chi connectivity index (χ2v) is 5.79. The molecule has 0 fully saturated rings. The van der Waals surface area contributed by atoms with Crippen LogP contribution in [-0.4, -0.2) is 25.4 Å². The molecule has 0 aromatic heterocycles. The van der Waals surface area contributed by atoms with Crippen molar-refractivity contribution < 1.29 is 9.53 Å². The molecule has 2 aromatic carbocycles. The first kappa shape index (κ1) is 16.2. The normalized spacial score (nSPS) is 10.0. The quantitative estimate of drug-likeness (QED) is 0.609. The van der Waals surface area contributed by atoms with Crippen LogP contribution >= 0.6 is 11.8 Å². The van der Waals surface area contributed by atoms with Gasteiger partial charge in [-0.05, 0) is 29.8 Å². The van der Waals surface area contributed by atoms with Gasteiger partial charge < -0.3 is 15.4 Å². The Labute approximate surface area is 135 Å². The molecule has 0 aliphatic rings. The van der Waals surface area contributed by atoms with Crippen molar-refractivity contribution in [2.75, 3.05) is 19.4 Å². The highest BCUT2D eigenvalue weighted by Gasteiger charge is 2.01. The number of thioether (sulfide) groups is 1. The minimum Gasteiger partial charge on any atom is -0.497 e. The topological polar surface area (TPSA) is 50.4 Å². The van der Waals surface area contributed by atoms with Crippen LogP contribution < -0.4 is 15.4 Å². The van der Waals surface area contributed by atoms with Crippen molar-refractivity contribution in [2.24, 2.45) is 0 Å². The van der Waals surface area contributed by atoms with Crippen LogP contribution in [0.3, 0.4) is 0 Å². The van der Waals surface area contributed by atoms with E-state index in [9.17, 15) is 4.79 Å². The summed E-state index contributed by atoms with van der Waals surface area (Å²) in [6.45, 7) is 1.11. The van der Waals surface area contributed by atoms with Crippen LogP contribution in [0.5, 0.6) is 5.75 Å². The van der Waals surface area contributed by atoms with Crippen molar-refractivity contribution in [1.82, 2.24) is 10.6 Å². The molecule has 0 aliphatic carbocycles. The van der Waals surface area contributed by atoms with Gasteiger partial charge >= 0.3 is 6.03 Å². The zero-order valence-electron chi connectivity index (χ0n) is 12.5. The SMILES string of the molecule is COc1cccc(CNC(=O)NCCSc2ccccc2)c1. The molecule has 2 N–H and O–H groups in total. The maximum atomic E-state index is 11.7. The van der Waals surface area contributed by atoms with Gasteiger partial charge in [0.05, 0.1) is 7.11 Å². The van der Waals surface area contributed by atoms with Crippen LogP contribution in [0.1, 0.15) is 5.56 Å². The summed E-state index contributed by atoms with van der Waals surface area (Å²) in [7, 11) is 1.63. The van der Waals surface area contributed by atoms with E-state index in [0.717, 1.165) is 17.1 Å². The molecule has 0 heterocycles. The van der Waals surface area contributed by atoms with Crippen molar-refractivity contribution in [3.05, 3.63) is 60.2 Å². The number of rotatable bonds is 7. The lowest BCUT2D eigenvalue weighted by Crippen LogP contribution is -2.36. The molecule has 0 radical (unpaired) electrons. The molecule has 0 saturated carbocycles. The van der Waals surface area contributed by atoms with E-state index in [0.29, 0.717) is 13.1 Å². The standard InChI is InChI=1S/C17H20N2O2S/c1-21-15-7-5-6-14(12-15)13-19-17(20)18-10-11-22-16-8-3-2-4-9-16/h2-9,12H,10-11,13H2,1H3,(H2,18,19,20). The summed E-state index contributed by atoms with van der Waals surface area (Å²) in [5.74, 6) is 1.63. The van der Waals surface area contributed by atoms with Gasteiger partial charge in [0.1, 0.15) is 5.75 Å². The minimum atomic E-state index is -0.156. The average Bonchev–Trinajstić information content (AvgIpc) is 2.58. The fourth-order valence-electron chi connectivity index (χ4n) is 1.88. The third-order valence-electron chi connectivity index (χ3n) is 2.99. The van der Waals surface area contributed by atoms with Crippen molar-refractivity contribution in [1.29, 1.82) is 0 Å². The molecule has 2 aromatic rings. The highest BCUT2D eigenvalue weighted by molar-refractivity contribution is 7.99. The molecule has 0 unspecified atom stereocenters. The summed E-state index contributed by atoms with van der Waals surface area (Å²) in [5.41, 5.74) is 1.01. The summed E-state index contributed by atoms with van der Waals surface area (Å²) in [5, 5.41) is 5.68. The monoisotopic (exact) mass is 316 g/mol. The van der Waals surface area contributed by atoms with Crippen molar-refractivity contribution in [3.63, 3.8) is 0 Å². The van der Waals surface area contributed by atoms with Gasteiger partial charge in [-0.15, -0.1) is 11.8 Å². The average molecular weight is 316 g/mol. The largest absolute Gasteiger partial charge is 0.497 e. The summed E-state index contributed by atoms with van der Waals surface area (Å²) in [4.78, 5) is 12.9. The number of ether oxygens (including phenoxy) is 1. The second kappa shape index (κ2) is 9.00. The van der Waals surface area contributed by atoms with E-state index in [2.05, 4.69) is 22.8 Å². The summed E-state index contributed by atoms with van der Waals surface area (Å²) < 4.78 is 5.15. The van der Waals surface area contributed by atoms with Crippen LogP contribution in [-0.2, 0) is 6.54 Å². The fourth-order valence-corrected chi connectivity index (χ4v) is 2.67. The van der Waals surface area contributed by atoms with Gasteiger partial charge in [-0.1, -0.05) is 30.3 Å². The molecule has 116 valence electrons. The molecular weight excluding hydrogens is 296 g/mol. The molecule has 5 heteroatoms. The zero-order valence-corrected chi connectivity index (χ0v) is 13.4. The molecule has 22 heavy (non-hydrogen) atoms. The van der Waals surface area contributed by atoms with E-state index in [1.54, 1.807) is 18.9 Å². The first-order valence-electron chi connectivity index (χ1n) is 7.10. The predicted molar refractivity (Wildman–Crippen MR) is 90.4 cm³/mol. The van der Waals surface area contributed by atoms with E-state index in [1.807, 2.05) is 42.5 Å². The number of hydrogen-bond donors (Lipinski definition) is 2. The molecule has 0 saturated heterocycles. The van der Waals surface area contributed by atoms with Gasteiger partial charge in [0.25, 0.3) is 0 Å². The van der Waals surface area contributed by atoms with E-state index in [1.165, 1.54) is 4.90 Å².